The standard InChI is InChI=1S/C12H25NO2S2/c1-6-7-9-16-17-10-8-13(5)11(14)15-12(2,3)4/h6-10H2,1-5H3. The van der Waals surface area contributed by atoms with Gasteiger partial charge in [-0.3, -0.25) is 0 Å². The molecule has 0 unspecified atom stereocenters. The predicted molar refractivity (Wildman–Crippen MR) is 78.7 cm³/mol. The molecule has 0 heterocycles. The van der Waals surface area contributed by atoms with E-state index in [-0.39, 0.29) is 6.09 Å². The SMILES string of the molecule is CCCCSSCCN(C)C(=O)OC(C)(C)C. The van der Waals surface area contributed by atoms with Crippen LogP contribution in [0.5, 0.6) is 0 Å². The van der Waals surface area contributed by atoms with Gasteiger partial charge in [0, 0.05) is 25.1 Å². The zero-order valence-corrected chi connectivity index (χ0v) is 13.2. The summed E-state index contributed by atoms with van der Waals surface area (Å²) in [6.45, 7) is 8.58. The Morgan fingerprint density at radius 3 is 2.35 bits per heavy atom. The average molecular weight is 279 g/mol. The van der Waals surface area contributed by atoms with Gasteiger partial charge in [0.25, 0.3) is 0 Å². The lowest BCUT2D eigenvalue weighted by Gasteiger charge is -2.24. The van der Waals surface area contributed by atoms with Crippen molar-refractivity contribution >= 4 is 27.7 Å². The van der Waals surface area contributed by atoms with E-state index in [9.17, 15) is 4.79 Å². The summed E-state index contributed by atoms with van der Waals surface area (Å²) in [5.74, 6) is 2.14. The second kappa shape index (κ2) is 8.97. The maximum absolute atomic E-state index is 11.6. The van der Waals surface area contributed by atoms with Crippen molar-refractivity contribution in [2.45, 2.75) is 46.1 Å². The minimum absolute atomic E-state index is 0.239. The molecule has 5 heteroatoms. The van der Waals surface area contributed by atoms with Crippen molar-refractivity contribution in [2.75, 3.05) is 25.1 Å². The minimum Gasteiger partial charge on any atom is -0.444 e. The Morgan fingerprint density at radius 2 is 1.82 bits per heavy atom. The summed E-state index contributed by atoms with van der Waals surface area (Å²) in [6.07, 6.45) is 2.27. The van der Waals surface area contributed by atoms with Crippen molar-refractivity contribution in [2.24, 2.45) is 0 Å². The molecular weight excluding hydrogens is 254 g/mol. The van der Waals surface area contributed by atoms with Gasteiger partial charge in [-0.2, -0.15) is 0 Å². The molecule has 0 fully saturated rings. The summed E-state index contributed by atoms with van der Waals surface area (Å²) in [4.78, 5) is 13.3. The highest BCUT2D eigenvalue weighted by Gasteiger charge is 2.18. The highest BCUT2D eigenvalue weighted by atomic mass is 33.1. The van der Waals surface area contributed by atoms with Gasteiger partial charge < -0.3 is 9.64 Å². The van der Waals surface area contributed by atoms with Crippen LogP contribution in [-0.2, 0) is 4.74 Å². The third-order valence-electron chi connectivity index (χ3n) is 1.88. The van der Waals surface area contributed by atoms with Gasteiger partial charge in [0.1, 0.15) is 5.60 Å². The third-order valence-corrected chi connectivity index (χ3v) is 4.35. The van der Waals surface area contributed by atoms with Crippen LogP contribution in [0.25, 0.3) is 0 Å². The summed E-state index contributed by atoms with van der Waals surface area (Å²) in [5.41, 5.74) is -0.408. The quantitative estimate of drug-likeness (QED) is 0.520. The van der Waals surface area contributed by atoms with Gasteiger partial charge in [-0.25, -0.2) is 4.79 Å². The van der Waals surface area contributed by atoms with E-state index < -0.39 is 5.60 Å². The zero-order valence-electron chi connectivity index (χ0n) is 11.6. The summed E-state index contributed by atoms with van der Waals surface area (Å²) < 4.78 is 5.27. The van der Waals surface area contributed by atoms with Crippen LogP contribution >= 0.6 is 21.6 Å². The summed E-state index contributed by atoms with van der Waals surface area (Å²) >= 11 is 0. The first kappa shape index (κ1) is 17.0. The van der Waals surface area contributed by atoms with Crippen LogP contribution in [0.2, 0.25) is 0 Å². The molecule has 17 heavy (non-hydrogen) atoms. The summed E-state index contributed by atoms with van der Waals surface area (Å²) in [7, 11) is 5.49. The van der Waals surface area contributed by atoms with Gasteiger partial charge in [-0.15, -0.1) is 0 Å². The lowest BCUT2D eigenvalue weighted by atomic mass is 10.2. The maximum atomic E-state index is 11.6. The number of amides is 1. The summed E-state index contributed by atoms with van der Waals surface area (Å²) in [5, 5.41) is 0. The second-order valence-corrected chi connectivity index (χ2v) is 7.60. The highest BCUT2D eigenvalue weighted by Crippen LogP contribution is 2.22. The Labute approximate surface area is 113 Å². The molecule has 0 aliphatic rings. The van der Waals surface area contributed by atoms with E-state index in [1.54, 1.807) is 11.9 Å². The van der Waals surface area contributed by atoms with Crippen molar-refractivity contribution < 1.29 is 9.53 Å². The molecule has 0 rings (SSSR count). The first-order valence-electron chi connectivity index (χ1n) is 6.05. The maximum Gasteiger partial charge on any atom is 0.410 e. The number of unbranched alkanes of at least 4 members (excludes halogenated alkanes) is 1. The lowest BCUT2D eigenvalue weighted by Crippen LogP contribution is -2.35. The number of carbonyl (C=O) groups excluding carboxylic acids is 1. The number of carbonyl (C=O) groups is 1. The van der Waals surface area contributed by atoms with E-state index in [2.05, 4.69) is 6.92 Å². The molecule has 0 atom stereocenters. The molecule has 0 spiro atoms. The van der Waals surface area contributed by atoms with Crippen LogP contribution < -0.4 is 0 Å². The highest BCUT2D eigenvalue weighted by molar-refractivity contribution is 8.76. The average Bonchev–Trinajstić information content (AvgIpc) is 2.20. The zero-order chi connectivity index (χ0) is 13.3. The number of hydrogen-bond acceptors (Lipinski definition) is 4. The van der Waals surface area contributed by atoms with E-state index in [1.165, 1.54) is 18.6 Å². The molecule has 0 N–H and O–H groups in total. The van der Waals surface area contributed by atoms with Crippen molar-refractivity contribution in [3.63, 3.8) is 0 Å². The topological polar surface area (TPSA) is 29.5 Å². The molecule has 0 saturated heterocycles. The molecule has 0 radical (unpaired) electrons. The monoisotopic (exact) mass is 279 g/mol. The fourth-order valence-electron chi connectivity index (χ4n) is 0.926. The fourth-order valence-corrected chi connectivity index (χ4v) is 3.20. The van der Waals surface area contributed by atoms with E-state index in [0.29, 0.717) is 0 Å². The molecule has 0 saturated carbocycles. The van der Waals surface area contributed by atoms with E-state index in [4.69, 9.17) is 4.74 Å². The lowest BCUT2D eigenvalue weighted by molar-refractivity contribution is 0.0309. The van der Waals surface area contributed by atoms with Gasteiger partial charge in [-0.05, 0) is 27.2 Å². The first-order valence-corrected chi connectivity index (χ1v) is 8.54. The van der Waals surface area contributed by atoms with Crippen LogP contribution in [0.15, 0.2) is 0 Å². The Kier molecular flexibility index (Phi) is 8.96. The molecule has 1 amide bonds. The Morgan fingerprint density at radius 1 is 1.24 bits per heavy atom. The van der Waals surface area contributed by atoms with Crippen LogP contribution in [-0.4, -0.2) is 41.7 Å². The predicted octanol–water partition coefficient (Wildman–Crippen LogP) is 4.03. The Hall–Kier alpha value is -0.0300. The normalized spacial score (nSPS) is 11.4. The Balaban J connectivity index is 3.58. The molecule has 3 nitrogen and oxygen atoms in total. The molecule has 0 bridgehead atoms. The molecule has 0 aliphatic carbocycles. The van der Waals surface area contributed by atoms with Gasteiger partial charge >= 0.3 is 6.09 Å². The fraction of sp³-hybridized carbons (Fsp3) is 0.917. The van der Waals surface area contributed by atoms with Crippen LogP contribution in [0, 0.1) is 0 Å². The summed E-state index contributed by atoms with van der Waals surface area (Å²) in [6, 6.07) is 0. The smallest absolute Gasteiger partial charge is 0.410 e. The number of nitrogens with zero attached hydrogens (tertiary/aromatic N) is 1. The second-order valence-electron chi connectivity index (χ2n) is 4.90. The van der Waals surface area contributed by atoms with Crippen molar-refractivity contribution in [3.8, 4) is 0 Å². The molecule has 0 aromatic heterocycles. The van der Waals surface area contributed by atoms with Gasteiger partial charge in [0.15, 0.2) is 0 Å². The Bertz CT molecular complexity index is 217. The third kappa shape index (κ3) is 10.8. The van der Waals surface area contributed by atoms with Gasteiger partial charge in [0.05, 0.1) is 0 Å². The van der Waals surface area contributed by atoms with Gasteiger partial charge in [0.2, 0.25) is 0 Å². The molecular formula is C12H25NO2S2. The van der Waals surface area contributed by atoms with Crippen LogP contribution in [0.4, 0.5) is 4.79 Å². The molecule has 0 aromatic rings. The van der Waals surface area contributed by atoms with E-state index in [0.717, 1.165) is 12.3 Å². The molecule has 102 valence electrons. The molecule has 0 aromatic carbocycles. The largest absolute Gasteiger partial charge is 0.444 e. The van der Waals surface area contributed by atoms with E-state index in [1.807, 2.05) is 42.4 Å². The van der Waals surface area contributed by atoms with Crippen LogP contribution in [0.1, 0.15) is 40.5 Å². The number of hydrogen-bond donors (Lipinski definition) is 0. The van der Waals surface area contributed by atoms with Crippen LogP contribution in [0.3, 0.4) is 0 Å². The van der Waals surface area contributed by atoms with Gasteiger partial charge in [-0.1, -0.05) is 34.9 Å². The van der Waals surface area contributed by atoms with Crippen molar-refractivity contribution in [1.29, 1.82) is 0 Å². The van der Waals surface area contributed by atoms with E-state index >= 15 is 0 Å². The van der Waals surface area contributed by atoms with Crippen molar-refractivity contribution in [3.05, 3.63) is 0 Å². The number of rotatable bonds is 7. The minimum atomic E-state index is -0.408. The number of ether oxygens (including phenoxy) is 1. The van der Waals surface area contributed by atoms with Crippen molar-refractivity contribution in [1.82, 2.24) is 4.90 Å². The first-order chi connectivity index (χ1) is 7.87. The molecule has 0 aliphatic heterocycles.